The van der Waals surface area contributed by atoms with Gasteiger partial charge in [0.2, 0.25) is 5.91 Å². The van der Waals surface area contributed by atoms with Gasteiger partial charge in [0.05, 0.1) is 11.8 Å². The van der Waals surface area contributed by atoms with E-state index in [9.17, 15) is 4.79 Å². The third-order valence-corrected chi connectivity index (χ3v) is 4.52. The summed E-state index contributed by atoms with van der Waals surface area (Å²) in [4.78, 5) is 12.8. The van der Waals surface area contributed by atoms with Gasteiger partial charge in [-0.2, -0.15) is 0 Å². The number of rotatable bonds is 9. The molecule has 1 aromatic heterocycles. The largest absolute Gasteiger partial charge is 0.468 e. The molecule has 0 saturated heterocycles. The van der Waals surface area contributed by atoms with Crippen LogP contribution in [0, 0.1) is 6.92 Å². The maximum atomic E-state index is 11.6. The highest BCUT2D eigenvalue weighted by atomic mass is 32.2. The summed E-state index contributed by atoms with van der Waals surface area (Å²) >= 11 is 1.80. The van der Waals surface area contributed by atoms with E-state index in [1.165, 1.54) is 4.90 Å². The standard InChI is InChI=1S/C15H26N2O2S/c1-11(2)17-15(4,14(16)18)8-5-6-10-20-13-7-9-19-12(13)3/h7,9,11,17H,5-6,8,10H2,1-4H3,(H2,16,18). The number of furan rings is 1. The number of unbranched alkanes of at least 4 members (excludes halogenated alkanes) is 1. The predicted molar refractivity (Wildman–Crippen MR) is 83.9 cm³/mol. The minimum atomic E-state index is -0.607. The van der Waals surface area contributed by atoms with Crippen molar-refractivity contribution in [1.29, 1.82) is 0 Å². The molecule has 1 amide bonds. The summed E-state index contributed by atoms with van der Waals surface area (Å²) in [7, 11) is 0. The monoisotopic (exact) mass is 298 g/mol. The van der Waals surface area contributed by atoms with Gasteiger partial charge < -0.3 is 15.5 Å². The van der Waals surface area contributed by atoms with Gasteiger partial charge >= 0.3 is 0 Å². The lowest BCUT2D eigenvalue weighted by atomic mass is 9.93. The van der Waals surface area contributed by atoms with Gasteiger partial charge in [-0.3, -0.25) is 4.79 Å². The lowest BCUT2D eigenvalue weighted by molar-refractivity contribution is -0.124. The number of primary amides is 1. The topological polar surface area (TPSA) is 68.3 Å². The van der Waals surface area contributed by atoms with Crippen molar-refractivity contribution >= 4 is 17.7 Å². The van der Waals surface area contributed by atoms with Gasteiger partial charge in [0.15, 0.2) is 0 Å². The van der Waals surface area contributed by atoms with E-state index in [2.05, 4.69) is 5.32 Å². The zero-order valence-corrected chi connectivity index (χ0v) is 13.7. The van der Waals surface area contributed by atoms with E-state index in [1.54, 1.807) is 18.0 Å². The van der Waals surface area contributed by atoms with Gasteiger partial charge in [-0.25, -0.2) is 0 Å². The molecule has 3 N–H and O–H groups in total. The van der Waals surface area contributed by atoms with Gasteiger partial charge in [-0.1, -0.05) is 6.42 Å². The summed E-state index contributed by atoms with van der Waals surface area (Å²) in [5.74, 6) is 1.72. The second-order valence-electron chi connectivity index (χ2n) is 5.64. The number of carbonyl (C=O) groups excluding carboxylic acids is 1. The van der Waals surface area contributed by atoms with Crippen molar-refractivity contribution in [3.63, 3.8) is 0 Å². The van der Waals surface area contributed by atoms with Crippen molar-refractivity contribution in [2.45, 2.75) is 63.4 Å². The highest BCUT2D eigenvalue weighted by molar-refractivity contribution is 7.99. The van der Waals surface area contributed by atoms with E-state index in [0.717, 1.165) is 30.8 Å². The Morgan fingerprint density at radius 1 is 1.50 bits per heavy atom. The SMILES string of the molecule is Cc1occc1SCCCCC(C)(NC(C)C)C(N)=O. The number of hydrogen-bond donors (Lipinski definition) is 2. The molecule has 0 aromatic carbocycles. The first-order chi connectivity index (χ1) is 9.35. The Bertz CT molecular complexity index is 431. The average molecular weight is 298 g/mol. The lowest BCUT2D eigenvalue weighted by Crippen LogP contribution is -2.55. The third kappa shape index (κ3) is 5.21. The van der Waals surface area contributed by atoms with Crippen LogP contribution in [0.4, 0.5) is 0 Å². The fraction of sp³-hybridized carbons (Fsp3) is 0.667. The summed E-state index contributed by atoms with van der Waals surface area (Å²) in [6, 6.07) is 2.24. The van der Waals surface area contributed by atoms with E-state index in [-0.39, 0.29) is 11.9 Å². The summed E-state index contributed by atoms with van der Waals surface area (Å²) in [6.07, 6.45) is 4.51. The van der Waals surface area contributed by atoms with Crippen LogP contribution in [-0.4, -0.2) is 23.2 Å². The second kappa shape index (κ2) is 7.74. The molecular weight excluding hydrogens is 272 g/mol. The number of amides is 1. The summed E-state index contributed by atoms with van der Waals surface area (Å²) in [5, 5.41) is 3.27. The van der Waals surface area contributed by atoms with Crippen molar-refractivity contribution in [3.05, 3.63) is 18.1 Å². The summed E-state index contributed by atoms with van der Waals surface area (Å²) in [5.41, 5.74) is 4.91. The van der Waals surface area contributed by atoms with Gasteiger partial charge in [-0.15, -0.1) is 11.8 Å². The number of carbonyl (C=O) groups is 1. The predicted octanol–water partition coefficient (Wildman–Crippen LogP) is 3.09. The highest BCUT2D eigenvalue weighted by Gasteiger charge is 2.30. The molecule has 1 aromatic rings. The molecule has 0 saturated carbocycles. The average Bonchev–Trinajstić information content (AvgIpc) is 2.73. The molecule has 114 valence electrons. The van der Waals surface area contributed by atoms with Crippen LogP contribution in [0.5, 0.6) is 0 Å². The van der Waals surface area contributed by atoms with Crippen molar-refractivity contribution < 1.29 is 9.21 Å². The molecule has 5 heteroatoms. The Hall–Kier alpha value is -0.940. The van der Waals surface area contributed by atoms with Crippen LogP contribution >= 0.6 is 11.8 Å². The van der Waals surface area contributed by atoms with Gasteiger partial charge in [0, 0.05) is 10.9 Å². The molecule has 0 spiro atoms. The molecule has 0 aliphatic carbocycles. The first-order valence-corrected chi connectivity index (χ1v) is 8.08. The van der Waals surface area contributed by atoms with Gasteiger partial charge in [-0.05, 0) is 52.4 Å². The van der Waals surface area contributed by atoms with Crippen molar-refractivity contribution in [1.82, 2.24) is 5.32 Å². The Kier molecular flexibility index (Phi) is 6.62. The highest BCUT2D eigenvalue weighted by Crippen LogP contribution is 2.25. The van der Waals surface area contributed by atoms with Crippen LogP contribution < -0.4 is 11.1 Å². The van der Waals surface area contributed by atoms with Crippen LogP contribution in [0.2, 0.25) is 0 Å². The number of thioether (sulfide) groups is 1. The number of nitrogens with one attached hydrogen (secondary N) is 1. The molecule has 0 bridgehead atoms. The minimum absolute atomic E-state index is 0.246. The van der Waals surface area contributed by atoms with Gasteiger partial charge in [0.25, 0.3) is 0 Å². The zero-order valence-electron chi connectivity index (χ0n) is 12.9. The molecule has 1 heterocycles. The van der Waals surface area contributed by atoms with E-state index in [1.807, 2.05) is 33.8 Å². The number of nitrogens with two attached hydrogens (primary N) is 1. The Morgan fingerprint density at radius 3 is 2.70 bits per heavy atom. The van der Waals surface area contributed by atoms with Crippen LogP contribution in [0.3, 0.4) is 0 Å². The quantitative estimate of drug-likeness (QED) is 0.543. The molecule has 1 unspecified atom stereocenters. The van der Waals surface area contributed by atoms with E-state index in [4.69, 9.17) is 10.2 Å². The Balaban J connectivity index is 2.31. The molecule has 0 fully saturated rings. The van der Waals surface area contributed by atoms with Crippen LogP contribution in [0.25, 0.3) is 0 Å². The number of hydrogen-bond acceptors (Lipinski definition) is 4. The molecule has 1 rings (SSSR count). The van der Waals surface area contributed by atoms with Crippen molar-refractivity contribution in [2.24, 2.45) is 5.73 Å². The van der Waals surface area contributed by atoms with Crippen molar-refractivity contribution in [3.8, 4) is 0 Å². The van der Waals surface area contributed by atoms with Gasteiger partial charge in [0.1, 0.15) is 5.76 Å². The van der Waals surface area contributed by atoms with Crippen LogP contribution in [-0.2, 0) is 4.79 Å². The maximum absolute atomic E-state index is 11.6. The molecule has 4 nitrogen and oxygen atoms in total. The van der Waals surface area contributed by atoms with E-state index in [0.29, 0.717) is 0 Å². The van der Waals surface area contributed by atoms with Crippen LogP contribution in [0.1, 0.15) is 45.8 Å². The van der Waals surface area contributed by atoms with E-state index >= 15 is 0 Å². The van der Waals surface area contributed by atoms with Crippen LogP contribution in [0.15, 0.2) is 21.6 Å². The zero-order chi connectivity index (χ0) is 15.2. The lowest BCUT2D eigenvalue weighted by Gasteiger charge is -2.29. The molecule has 20 heavy (non-hydrogen) atoms. The maximum Gasteiger partial charge on any atom is 0.237 e. The smallest absolute Gasteiger partial charge is 0.237 e. The first kappa shape index (κ1) is 17.1. The summed E-state index contributed by atoms with van der Waals surface area (Å²) in [6.45, 7) is 7.92. The normalized spacial score (nSPS) is 14.4. The minimum Gasteiger partial charge on any atom is -0.468 e. The van der Waals surface area contributed by atoms with Crippen molar-refractivity contribution in [2.75, 3.05) is 5.75 Å². The Labute approximate surface area is 125 Å². The molecule has 0 radical (unpaired) electrons. The third-order valence-electron chi connectivity index (χ3n) is 3.29. The Morgan fingerprint density at radius 2 is 2.20 bits per heavy atom. The molecule has 0 aliphatic heterocycles. The summed E-state index contributed by atoms with van der Waals surface area (Å²) < 4.78 is 5.26. The van der Waals surface area contributed by atoms with E-state index < -0.39 is 5.54 Å². The fourth-order valence-electron chi connectivity index (χ4n) is 2.19. The fourth-order valence-corrected chi connectivity index (χ4v) is 3.16. The molecule has 1 atom stereocenters. The first-order valence-electron chi connectivity index (χ1n) is 7.09. The number of aryl methyl sites for hydroxylation is 1. The molecule has 0 aliphatic rings. The second-order valence-corrected chi connectivity index (χ2v) is 6.78. The molecular formula is C15H26N2O2S.